The number of carbonyl (C=O) groups excluding carboxylic acids is 2. The van der Waals surface area contributed by atoms with E-state index in [4.69, 9.17) is 0 Å². The maximum Gasteiger partial charge on any atom is 0.251 e. The second-order valence-electron chi connectivity index (χ2n) is 7.07. The zero-order chi connectivity index (χ0) is 19.3. The van der Waals surface area contributed by atoms with Gasteiger partial charge in [-0.1, -0.05) is 36.4 Å². The molecule has 1 N–H and O–H groups in total. The van der Waals surface area contributed by atoms with E-state index in [0.29, 0.717) is 23.2 Å². The van der Waals surface area contributed by atoms with Crippen LogP contribution in [0, 0.1) is 0 Å². The lowest BCUT2D eigenvalue weighted by atomic mass is 10.00. The van der Waals surface area contributed by atoms with E-state index in [1.807, 2.05) is 64.8 Å². The van der Waals surface area contributed by atoms with Crippen molar-refractivity contribution in [2.24, 2.45) is 0 Å². The van der Waals surface area contributed by atoms with Gasteiger partial charge in [0.25, 0.3) is 5.91 Å². The molecule has 2 aliphatic rings. The molecule has 2 heterocycles. The maximum atomic E-state index is 12.5. The summed E-state index contributed by atoms with van der Waals surface area (Å²) >= 11 is 3.94. The summed E-state index contributed by atoms with van der Waals surface area (Å²) in [5.41, 5.74) is 4.37. The van der Waals surface area contributed by atoms with Crippen LogP contribution in [0.25, 0.3) is 0 Å². The SMILES string of the molecule is O=C(NCC(=O)N1CCc2ccccc2C1)c1ccc(C2SCCCS2)cc1. The van der Waals surface area contributed by atoms with E-state index in [1.165, 1.54) is 34.6 Å². The number of thioether (sulfide) groups is 2. The number of benzene rings is 2. The Hall–Kier alpha value is -1.92. The number of nitrogens with zero attached hydrogens (tertiary/aromatic N) is 1. The first-order valence-corrected chi connectivity index (χ1v) is 11.8. The van der Waals surface area contributed by atoms with Crippen LogP contribution >= 0.6 is 23.5 Å². The number of hydrogen-bond acceptors (Lipinski definition) is 4. The number of hydrogen-bond donors (Lipinski definition) is 1. The van der Waals surface area contributed by atoms with Gasteiger partial charge in [0.2, 0.25) is 5.91 Å². The fourth-order valence-electron chi connectivity index (χ4n) is 3.55. The van der Waals surface area contributed by atoms with Gasteiger partial charge in [0.1, 0.15) is 0 Å². The minimum Gasteiger partial charge on any atom is -0.343 e. The topological polar surface area (TPSA) is 49.4 Å². The van der Waals surface area contributed by atoms with E-state index in [1.54, 1.807) is 0 Å². The summed E-state index contributed by atoms with van der Waals surface area (Å²) in [5.74, 6) is 2.17. The first kappa shape index (κ1) is 19.4. The molecule has 6 heteroatoms. The summed E-state index contributed by atoms with van der Waals surface area (Å²) in [6, 6.07) is 16.0. The summed E-state index contributed by atoms with van der Waals surface area (Å²) < 4.78 is 0.467. The predicted molar refractivity (Wildman–Crippen MR) is 117 cm³/mol. The Balaban J connectivity index is 1.30. The minimum absolute atomic E-state index is 0.0329. The average Bonchev–Trinajstić information content (AvgIpc) is 2.77. The standard InChI is InChI=1S/C22H24N2O2S2/c25-20(24-11-10-16-4-1-2-5-19(16)15-24)14-23-21(26)17-6-8-18(9-7-17)22-27-12-3-13-28-22/h1-2,4-9,22H,3,10-15H2,(H,23,26). The van der Waals surface area contributed by atoms with Crippen LogP contribution in [-0.4, -0.2) is 41.3 Å². The van der Waals surface area contributed by atoms with Crippen molar-refractivity contribution in [1.29, 1.82) is 0 Å². The molecule has 0 atom stereocenters. The van der Waals surface area contributed by atoms with Gasteiger partial charge in [-0.2, -0.15) is 0 Å². The van der Waals surface area contributed by atoms with Crippen molar-refractivity contribution in [2.45, 2.75) is 24.0 Å². The first-order chi connectivity index (χ1) is 13.7. The lowest BCUT2D eigenvalue weighted by Gasteiger charge is -2.29. The molecule has 28 heavy (non-hydrogen) atoms. The van der Waals surface area contributed by atoms with Crippen LogP contribution in [0.3, 0.4) is 0 Å². The second-order valence-corrected chi connectivity index (χ2v) is 9.79. The predicted octanol–water partition coefficient (Wildman–Crippen LogP) is 3.87. The van der Waals surface area contributed by atoms with Crippen molar-refractivity contribution >= 4 is 35.3 Å². The Bertz CT molecular complexity index is 848. The van der Waals surface area contributed by atoms with Crippen molar-refractivity contribution < 1.29 is 9.59 Å². The van der Waals surface area contributed by atoms with E-state index in [2.05, 4.69) is 17.4 Å². The third-order valence-corrected chi connectivity index (χ3v) is 8.17. The molecule has 2 aliphatic heterocycles. The van der Waals surface area contributed by atoms with Crippen LogP contribution in [0.2, 0.25) is 0 Å². The van der Waals surface area contributed by atoms with Gasteiger partial charge < -0.3 is 10.2 Å². The third kappa shape index (κ3) is 4.55. The fourth-order valence-corrected chi connectivity index (χ4v) is 6.44. The van der Waals surface area contributed by atoms with Crippen molar-refractivity contribution in [1.82, 2.24) is 10.2 Å². The molecule has 4 nitrogen and oxygen atoms in total. The van der Waals surface area contributed by atoms with Crippen molar-refractivity contribution in [3.63, 3.8) is 0 Å². The van der Waals surface area contributed by atoms with Gasteiger partial charge in [-0.15, -0.1) is 23.5 Å². The highest BCUT2D eigenvalue weighted by Gasteiger charge is 2.21. The summed E-state index contributed by atoms with van der Waals surface area (Å²) in [6.07, 6.45) is 2.14. The van der Waals surface area contributed by atoms with Crippen molar-refractivity contribution in [3.8, 4) is 0 Å². The molecule has 0 radical (unpaired) electrons. The van der Waals surface area contributed by atoms with E-state index in [0.717, 1.165) is 6.42 Å². The number of carbonyl (C=O) groups is 2. The van der Waals surface area contributed by atoms with E-state index >= 15 is 0 Å². The quantitative estimate of drug-likeness (QED) is 0.828. The molecule has 0 spiro atoms. The number of fused-ring (bicyclic) bond motifs is 1. The Labute approximate surface area is 174 Å². The molecule has 0 saturated carbocycles. The summed E-state index contributed by atoms with van der Waals surface area (Å²) in [5, 5.41) is 2.78. The molecule has 4 rings (SSSR count). The van der Waals surface area contributed by atoms with E-state index in [9.17, 15) is 9.59 Å². The Kier molecular flexibility index (Phi) is 6.27. The molecule has 0 aromatic heterocycles. The highest BCUT2D eigenvalue weighted by molar-refractivity contribution is 8.16. The zero-order valence-electron chi connectivity index (χ0n) is 15.7. The molecule has 2 aromatic carbocycles. The van der Waals surface area contributed by atoms with Gasteiger partial charge in [0, 0.05) is 18.7 Å². The molecule has 2 amide bonds. The lowest BCUT2D eigenvalue weighted by Crippen LogP contribution is -2.42. The highest BCUT2D eigenvalue weighted by Crippen LogP contribution is 2.43. The smallest absolute Gasteiger partial charge is 0.251 e. The lowest BCUT2D eigenvalue weighted by molar-refractivity contribution is -0.131. The third-order valence-electron chi connectivity index (χ3n) is 5.16. The zero-order valence-corrected chi connectivity index (χ0v) is 17.4. The van der Waals surface area contributed by atoms with Crippen LogP contribution in [0.5, 0.6) is 0 Å². The Morgan fingerprint density at radius 1 is 1.00 bits per heavy atom. The molecule has 2 aromatic rings. The molecular weight excluding hydrogens is 388 g/mol. The van der Waals surface area contributed by atoms with Gasteiger partial charge in [0.05, 0.1) is 11.1 Å². The number of amides is 2. The molecule has 1 fully saturated rings. The normalized spacial score (nSPS) is 17.1. The van der Waals surface area contributed by atoms with E-state index < -0.39 is 0 Å². The summed E-state index contributed by atoms with van der Waals surface area (Å²) in [6.45, 7) is 1.37. The van der Waals surface area contributed by atoms with Gasteiger partial charge >= 0.3 is 0 Å². The highest BCUT2D eigenvalue weighted by atomic mass is 32.2. The van der Waals surface area contributed by atoms with Crippen molar-refractivity contribution in [3.05, 3.63) is 70.8 Å². The maximum absolute atomic E-state index is 12.5. The molecule has 0 bridgehead atoms. The minimum atomic E-state index is -0.193. The largest absolute Gasteiger partial charge is 0.343 e. The van der Waals surface area contributed by atoms with Gasteiger partial charge in [-0.3, -0.25) is 9.59 Å². The van der Waals surface area contributed by atoms with Gasteiger partial charge in [-0.25, -0.2) is 0 Å². The van der Waals surface area contributed by atoms with Gasteiger partial charge in [0.15, 0.2) is 0 Å². The number of rotatable bonds is 4. The molecule has 146 valence electrons. The Morgan fingerprint density at radius 2 is 1.71 bits per heavy atom. The average molecular weight is 413 g/mol. The van der Waals surface area contributed by atoms with E-state index in [-0.39, 0.29) is 18.4 Å². The molecular formula is C22H24N2O2S2. The monoisotopic (exact) mass is 412 g/mol. The summed E-state index contributed by atoms with van der Waals surface area (Å²) in [7, 11) is 0. The number of nitrogens with one attached hydrogen (secondary N) is 1. The first-order valence-electron chi connectivity index (χ1n) is 9.66. The molecule has 0 unspecified atom stereocenters. The van der Waals surface area contributed by atoms with Crippen LogP contribution in [0.15, 0.2) is 48.5 Å². The Morgan fingerprint density at radius 3 is 2.46 bits per heavy atom. The molecule has 0 aliphatic carbocycles. The van der Waals surface area contributed by atoms with Crippen molar-refractivity contribution in [2.75, 3.05) is 24.6 Å². The van der Waals surface area contributed by atoms with Crippen LogP contribution in [-0.2, 0) is 17.8 Å². The fraction of sp³-hybridized carbons (Fsp3) is 0.364. The van der Waals surface area contributed by atoms with Gasteiger partial charge in [-0.05, 0) is 53.2 Å². The molecule has 1 saturated heterocycles. The summed E-state index contributed by atoms with van der Waals surface area (Å²) in [4.78, 5) is 26.8. The second kappa shape index (κ2) is 9.05. The van der Waals surface area contributed by atoms with Crippen LogP contribution in [0.1, 0.15) is 38.1 Å². The van der Waals surface area contributed by atoms with Crippen LogP contribution in [0.4, 0.5) is 0 Å². The van der Waals surface area contributed by atoms with Crippen LogP contribution < -0.4 is 5.32 Å².